The second-order valence-corrected chi connectivity index (χ2v) is 17.6. The maximum Gasteiger partial charge on any atom is 0.167 e. The molecule has 5 heteroatoms. The summed E-state index contributed by atoms with van der Waals surface area (Å²) in [6.07, 6.45) is 0. The Morgan fingerprint density at radius 2 is 0.657 bits per heavy atom. The number of hydrogen-bond donors (Lipinski definition) is 0. The molecule has 12 rings (SSSR count). The van der Waals surface area contributed by atoms with Gasteiger partial charge < -0.3 is 9.47 Å². The van der Waals surface area contributed by atoms with Gasteiger partial charge in [-0.2, -0.15) is 0 Å². The van der Waals surface area contributed by atoms with Gasteiger partial charge in [0.2, 0.25) is 0 Å². The van der Waals surface area contributed by atoms with Crippen molar-refractivity contribution >= 4 is 0 Å². The molecule has 320 valence electrons. The van der Waals surface area contributed by atoms with Crippen LogP contribution in [0.2, 0.25) is 0 Å². The summed E-state index contributed by atoms with van der Waals surface area (Å²) in [4.78, 5) is 16.4. The summed E-state index contributed by atoms with van der Waals surface area (Å²) in [5, 5.41) is 0. The fourth-order valence-electron chi connectivity index (χ4n) is 11.1. The molecule has 2 aliphatic heterocycles. The molecule has 10 aromatic rings. The number of aryl methyl sites for hydroxylation is 3. The predicted octanol–water partition coefficient (Wildman–Crippen LogP) is 14.8. The van der Waals surface area contributed by atoms with Gasteiger partial charge >= 0.3 is 0 Å². The van der Waals surface area contributed by atoms with E-state index in [1.54, 1.807) is 0 Å². The summed E-state index contributed by atoms with van der Waals surface area (Å²) >= 11 is 0. The molecule has 0 saturated heterocycles. The van der Waals surface area contributed by atoms with Crippen LogP contribution in [0.1, 0.15) is 61.2 Å². The Morgan fingerprint density at radius 1 is 0.328 bits per heavy atom. The second kappa shape index (κ2) is 15.9. The first-order valence-electron chi connectivity index (χ1n) is 22.8. The Kier molecular flexibility index (Phi) is 9.54. The molecule has 0 spiro atoms. The molecule has 0 fully saturated rings. The van der Waals surface area contributed by atoms with Gasteiger partial charge in [0.1, 0.15) is 23.0 Å². The summed E-state index contributed by atoms with van der Waals surface area (Å²) < 4.78 is 14.3. The minimum Gasteiger partial charge on any atom is -0.456 e. The average Bonchev–Trinajstić information content (AvgIpc) is 3.37. The summed E-state index contributed by atoms with van der Waals surface area (Å²) in [5.41, 5.74) is 13.0. The summed E-state index contributed by atoms with van der Waals surface area (Å²) in [6.45, 7) is 6.40. The maximum absolute atomic E-state index is 7.15. The zero-order valence-electron chi connectivity index (χ0n) is 37.4. The highest BCUT2D eigenvalue weighted by atomic mass is 16.5. The minimum atomic E-state index is -0.719. The molecular weight excluding hydrogens is 819 g/mol. The first-order chi connectivity index (χ1) is 33.0. The second-order valence-electron chi connectivity index (χ2n) is 17.6. The van der Waals surface area contributed by atoms with E-state index in [-0.39, 0.29) is 0 Å². The van der Waals surface area contributed by atoms with Crippen LogP contribution in [0.5, 0.6) is 23.0 Å². The number of rotatable bonds is 7. The van der Waals surface area contributed by atoms with Gasteiger partial charge in [-0.3, -0.25) is 0 Å². The van der Waals surface area contributed by atoms with Crippen molar-refractivity contribution in [3.05, 3.63) is 280 Å². The van der Waals surface area contributed by atoms with Crippen LogP contribution in [0.3, 0.4) is 0 Å². The Labute approximate surface area is 391 Å². The Balaban J connectivity index is 1.15. The number of fused-ring (bicyclic) bond motifs is 4. The quantitative estimate of drug-likeness (QED) is 0.160. The van der Waals surface area contributed by atoms with Crippen molar-refractivity contribution < 1.29 is 9.47 Å². The number of hydrogen-bond acceptors (Lipinski definition) is 5. The lowest BCUT2D eigenvalue weighted by Gasteiger charge is -2.42. The molecule has 0 amide bonds. The van der Waals surface area contributed by atoms with Crippen molar-refractivity contribution in [2.75, 3.05) is 0 Å². The Hall–Kier alpha value is -8.41. The third-order valence-electron chi connectivity index (χ3n) is 13.7. The van der Waals surface area contributed by atoms with E-state index in [1.165, 1.54) is 5.56 Å². The lowest BCUT2D eigenvalue weighted by Crippen LogP contribution is -2.34. The molecule has 0 unspecified atom stereocenters. The van der Waals surface area contributed by atoms with Crippen molar-refractivity contribution in [3.63, 3.8) is 0 Å². The molecule has 0 N–H and O–H groups in total. The molecule has 0 radical (unpaired) electrons. The van der Waals surface area contributed by atoms with Gasteiger partial charge in [-0.05, 0) is 78.4 Å². The fourth-order valence-corrected chi connectivity index (χ4v) is 11.1. The van der Waals surface area contributed by atoms with E-state index in [0.29, 0.717) is 29.0 Å². The zero-order valence-corrected chi connectivity index (χ0v) is 37.4. The Morgan fingerprint density at radius 3 is 1.04 bits per heavy atom. The Bertz CT molecular complexity index is 3190. The van der Waals surface area contributed by atoms with Gasteiger partial charge in [-0.15, -0.1) is 0 Å². The smallest absolute Gasteiger partial charge is 0.167 e. The van der Waals surface area contributed by atoms with Crippen LogP contribution in [0.15, 0.2) is 218 Å². The molecule has 0 atom stereocenters. The summed E-state index contributed by atoms with van der Waals surface area (Å²) in [5.74, 6) is 4.51. The normalized spacial score (nSPS) is 13.8. The molecule has 1 aromatic heterocycles. The molecule has 0 bridgehead atoms. The molecule has 0 aliphatic carbocycles. The van der Waals surface area contributed by atoms with E-state index in [0.717, 1.165) is 83.8 Å². The van der Waals surface area contributed by atoms with E-state index in [2.05, 4.69) is 227 Å². The van der Waals surface area contributed by atoms with Crippen molar-refractivity contribution in [2.45, 2.75) is 31.6 Å². The summed E-state index contributed by atoms with van der Waals surface area (Å²) in [6, 6.07) is 76.9. The monoisotopic (exact) mass is 863 g/mol. The van der Waals surface area contributed by atoms with Gasteiger partial charge in [0.15, 0.2) is 17.5 Å². The van der Waals surface area contributed by atoms with Crippen LogP contribution in [0.25, 0.3) is 34.2 Å². The third kappa shape index (κ3) is 6.19. The first kappa shape index (κ1) is 40.1. The molecule has 67 heavy (non-hydrogen) atoms. The molecule has 3 heterocycles. The molecule has 2 aliphatic rings. The van der Waals surface area contributed by atoms with Crippen LogP contribution in [-0.4, -0.2) is 15.0 Å². The van der Waals surface area contributed by atoms with Gasteiger partial charge in [-0.1, -0.05) is 200 Å². The van der Waals surface area contributed by atoms with Gasteiger partial charge in [0, 0.05) is 27.8 Å². The van der Waals surface area contributed by atoms with Crippen molar-refractivity contribution in [3.8, 4) is 57.2 Å². The highest BCUT2D eigenvalue weighted by Gasteiger charge is 2.48. The standard InChI is InChI=1S/C62H45N3O2/c1-40-38-41(2)55(42(3)39-40)60-64-58(47-30-20-34-51-56(47)66-53-36-18-16-32-49(53)61(51,43-22-8-4-9-23-43)44-24-10-5-11-25-44)63-59(65-60)48-31-21-35-52-57(48)67-54-37-19-17-33-50(54)62(52,45-26-12-6-13-27-45)46-28-14-7-15-29-46/h4-39H,1-3H3. The third-order valence-corrected chi connectivity index (χ3v) is 13.7. The predicted molar refractivity (Wildman–Crippen MR) is 267 cm³/mol. The van der Waals surface area contributed by atoms with Crippen molar-refractivity contribution in [2.24, 2.45) is 0 Å². The number of para-hydroxylation sites is 4. The SMILES string of the molecule is Cc1cc(C)c(-c2nc(-c3cccc4c3Oc3ccccc3C4(c3ccccc3)c3ccccc3)nc(-c3cccc4c3Oc3ccccc3C4(c3ccccc3)c3ccccc3)n2)c(C)c1. The number of ether oxygens (including phenoxy) is 2. The van der Waals surface area contributed by atoms with Crippen LogP contribution < -0.4 is 9.47 Å². The van der Waals surface area contributed by atoms with E-state index < -0.39 is 10.8 Å². The average molecular weight is 864 g/mol. The van der Waals surface area contributed by atoms with E-state index in [4.69, 9.17) is 24.4 Å². The topological polar surface area (TPSA) is 57.1 Å². The van der Waals surface area contributed by atoms with E-state index in [1.807, 2.05) is 12.1 Å². The molecule has 9 aromatic carbocycles. The molecular formula is C62H45N3O2. The van der Waals surface area contributed by atoms with E-state index >= 15 is 0 Å². The van der Waals surface area contributed by atoms with E-state index in [9.17, 15) is 0 Å². The van der Waals surface area contributed by atoms with Crippen molar-refractivity contribution in [1.82, 2.24) is 15.0 Å². The van der Waals surface area contributed by atoms with Crippen LogP contribution in [0, 0.1) is 20.8 Å². The molecule has 5 nitrogen and oxygen atoms in total. The van der Waals surface area contributed by atoms with Crippen LogP contribution >= 0.6 is 0 Å². The summed E-state index contributed by atoms with van der Waals surface area (Å²) in [7, 11) is 0. The first-order valence-corrected chi connectivity index (χ1v) is 22.8. The highest BCUT2D eigenvalue weighted by molar-refractivity contribution is 5.82. The lowest BCUT2D eigenvalue weighted by atomic mass is 9.63. The van der Waals surface area contributed by atoms with Crippen LogP contribution in [0.4, 0.5) is 0 Å². The fraction of sp³-hybridized carbons (Fsp3) is 0.0806. The molecule has 0 saturated carbocycles. The number of aromatic nitrogens is 3. The highest BCUT2D eigenvalue weighted by Crippen LogP contribution is 2.59. The van der Waals surface area contributed by atoms with Crippen LogP contribution in [-0.2, 0) is 10.8 Å². The van der Waals surface area contributed by atoms with Gasteiger partial charge in [0.25, 0.3) is 0 Å². The number of benzene rings is 9. The lowest BCUT2D eigenvalue weighted by molar-refractivity contribution is 0.435. The minimum absolute atomic E-state index is 0.497. The van der Waals surface area contributed by atoms with Crippen molar-refractivity contribution in [1.29, 1.82) is 0 Å². The maximum atomic E-state index is 7.15. The van der Waals surface area contributed by atoms with Gasteiger partial charge in [0.05, 0.1) is 22.0 Å². The number of nitrogens with zero attached hydrogens (tertiary/aromatic N) is 3. The zero-order chi connectivity index (χ0) is 45.1. The van der Waals surface area contributed by atoms with Gasteiger partial charge in [-0.25, -0.2) is 15.0 Å². The largest absolute Gasteiger partial charge is 0.456 e.